The van der Waals surface area contributed by atoms with Gasteiger partial charge in [-0.15, -0.1) is 0 Å². The minimum atomic E-state index is -0.354. The van der Waals surface area contributed by atoms with Crippen molar-refractivity contribution in [2.75, 3.05) is 11.9 Å². The third-order valence-corrected chi connectivity index (χ3v) is 3.85. The molecule has 3 N–H and O–H groups in total. The van der Waals surface area contributed by atoms with Gasteiger partial charge in [-0.25, -0.2) is 4.79 Å². The maximum Gasteiger partial charge on any atom is 0.338 e. The van der Waals surface area contributed by atoms with E-state index < -0.39 is 0 Å². The van der Waals surface area contributed by atoms with Crippen molar-refractivity contribution in [3.05, 3.63) is 29.8 Å². The van der Waals surface area contributed by atoms with Gasteiger partial charge >= 0.3 is 5.97 Å². The molecule has 0 radical (unpaired) electrons. The second-order valence-corrected chi connectivity index (χ2v) is 5.40. The second-order valence-electron chi connectivity index (χ2n) is 5.40. The van der Waals surface area contributed by atoms with Crippen molar-refractivity contribution in [2.45, 2.75) is 38.6 Å². The van der Waals surface area contributed by atoms with Gasteiger partial charge in [0.05, 0.1) is 12.2 Å². The van der Waals surface area contributed by atoms with Gasteiger partial charge in [-0.1, -0.05) is 6.42 Å². The fraction of sp³-hybridized carbons (Fsp3) is 0.500. The molecule has 114 valence electrons. The Labute approximate surface area is 124 Å². The predicted octanol–water partition coefficient (Wildman–Crippen LogP) is 2.32. The van der Waals surface area contributed by atoms with E-state index in [1.54, 1.807) is 31.2 Å². The van der Waals surface area contributed by atoms with Crippen molar-refractivity contribution >= 4 is 17.6 Å². The van der Waals surface area contributed by atoms with Gasteiger partial charge in [0.15, 0.2) is 0 Å². The van der Waals surface area contributed by atoms with Gasteiger partial charge in [-0.3, -0.25) is 4.79 Å². The molecule has 0 heterocycles. The smallest absolute Gasteiger partial charge is 0.338 e. The molecule has 1 aliphatic rings. The molecule has 0 bridgehead atoms. The van der Waals surface area contributed by atoms with Crippen LogP contribution in [0.4, 0.5) is 5.69 Å². The van der Waals surface area contributed by atoms with Gasteiger partial charge in [0.1, 0.15) is 0 Å². The Balaban J connectivity index is 1.87. The molecule has 1 saturated carbocycles. The van der Waals surface area contributed by atoms with Crippen molar-refractivity contribution in [3.63, 3.8) is 0 Å². The van der Waals surface area contributed by atoms with Crippen LogP contribution in [0.15, 0.2) is 24.3 Å². The number of anilines is 1. The number of carbonyl (C=O) groups is 2. The molecule has 0 spiro atoms. The number of ether oxygens (including phenoxy) is 1. The summed E-state index contributed by atoms with van der Waals surface area (Å²) in [7, 11) is 0. The molecular formula is C16H22N2O3. The third-order valence-electron chi connectivity index (χ3n) is 3.85. The standard InChI is InChI=1S/C16H22N2O3/c1-2-21-16(20)11-6-8-13(9-7-11)18-15(19)10-12-4-3-5-14(12)17/h6-9,12,14H,2-5,10,17H2,1H3,(H,18,19)/t12-,14+/m0/s1. The molecule has 2 atom stereocenters. The first kappa shape index (κ1) is 15.5. The average Bonchev–Trinajstić information content (AvgIpc) is 2.85. The average molecular weight is 290 g/mol. The zero-order valence-electron chi connectivity index (χ0n) is 12.3. The molecule has 21 heavy (non-hydrogen) atoms. The van der Waals surface area contributed by atoms with Crippen LogP contribution in [0.5, 0.6) is 0 Å². The van der Waals surface area contributed by atoms with Gasteiger partial charge in [-0.05, 0) is 49.9 Å². The Morgan fingerprint density at radius 3 is 2.57 bits per heavy atom. The first-order valence-corrected chi connectivity index (χ1v) is 7.42. The second kappa shape index (κ2) is 7.22. The summed E-state index contributed by atoms with van der Waals surface area (Å²) in [6, 6.07) is 6.85. The highest BCUT2D eigenvalue weighted by atomic mass is 16.5. The lowest BCUT2D eigenvalue weighted by atomic mass is 10.00. The fourth-order valence-corrected chi connectivity index (χ4v) is 2.67. The van der Waals surface area contributed by atoms with E-state index in [2.05, 4.69) is 5.32 Å². The summed E-state index contributed by atoms with van der Waals surface area (Å²) in [6.07, 6.45) is 3.59. The van der Waals surface area contributed by atoms with Gasteiger partial charge in [0, 0.05) is 18.2 Å². The quantitative estimate of drug-likeness (QED) is 0.815. The zero-order chi connectivity index (χ0) is 15.2. The van der Waals surface area contributed by atoms with Crippen LogP contribution in [0.1, 0.15) is 43.0 Å². The maximum absolute atomic E-state index is 12.0. The third kappa shape index (κ3) is 4.29. The van der Waals surface area contributed by atoms with E-state index in [0.29, 0.717) is 24.3 Å². The Hall–Kier alpha value is -1.88. The lowest BCUT2D eigenvalue weighted by Gasteiger charge is -2.14. The van der Waals surface area contributed by atoms with Crippen molar-refractivity contribution < 1.29 is 14.3 Å². The molecule has 1 aromatic rings. The SMILES string of the molecule is CCOC(=O)c1ccc(NC(=O)C[C@@H]2CCC[C@H]2N)cc1. The van der Waals surface area contributed by atoms with E-state index in [1.807, 2.05) is 0 Å². The van der Waals surface area contributed by atoms with Gasteiger partial charge in [0.2, 0.25) is 5.91 Å². The molecule has 5 heteroatoms. The van der Waals surface area contributed by atoms with Crippen molar-refractivity contribution in [3.8, 4) is 0 Å². The van der Waals surface area contributed by atoms with E-state index in [0.717, 1.165) is 19.3 Å². The van der Waals surface area contributed by atoms with Crippen molar-refractivity contribution in [2.24, 2.45) is 11.7 Å². The van der Waals surface area contributed by atoms with Crippen LogP contribution in [0.3, 0.4) is 0 Å². The summed E-state index contributed by atoms with van der Waals surface area (Å²) in [5.41, 5.74) is 7.13. The van der Waals surface area contributed by atoms with Crippen LogP contribution >= 0.6 is 0 Å². The van der Waals surface area contributed by atoms with Crippen LogP contribution in [0, 0.1) is 5.92 Å². The molecule has 0 aromatic heterocycles. The highest BCUT2D eigenvalue weighted by molar-refractivity contribution is 5.93. The largest absolute Gasteiger partial charge is 0.462 e. The topological polar surface area (TPSA) is 81.4 Å². The van der Waals surface area contributed by atoms with Crippen LogP contribution in [-0.2, 0) is 9.53 Å². The van der Waals surface area contributed by atoms with Crippen LogP contribution < -0.4 is 11.1 Å². The molecule has 1 fully saturated rings. The van der Waals surface area contributed by atoms with Crippen molar-refractivity contribution in [1.82, 2.24) is 0 Å². The fourth-order valence-electron chi connectivity index (χ4n) is 2.67. The zero-order valence-corrected chi connectivity index (χ0v) is 12.3. The monoisotopic (exact) mass is 290 g/mol. The van der Waals surface area contributed by atoms with Crippen LogP contribution in [0.25, 0.3) is 0 Å². The Morgan fingerprint density at radius 1 is 1.29 bits per heavy atom. The Morgan fingerprint density at radius 2 is 2.00 bits per heavy atom. The highest BCUT2D eigenvalue weighted by Gasteiger charge is 2.25. The lowest BCUT2D eigenvalue weighted by molar-refractivity contribution is -0.117. The van der Waals surface area contributed by atoms with E-state index in [9.17, 15) is 9.59 Å². The Bertz CT molecular complexity index is 499. The number of carbonyl (C=O) groups excluding carboxylic acids is 2. The van der Waals surface area contributed by atoms with E-state index in [1.165, 1.54) is 0 Å². The minimum Gasteiger partial charge on any atom is -0.462 e. The van der Waals surface area contributed by atoms with Gasteiger partial charge in [0.25, 0.3) is 0 Å². The molecule has 0 aliphatic heterocycles. The molecule has 0 unspecified atom stereocenters. The van der Waals surface area contributed by atoms with E-state index in [-0.39, 0.29) is 23.8 Å². The summed E-state index contributed by atoms with van der Waals surface area (Å²) < 4.78 is 4.91. The lowest BCUT2D eigenvalue weighted by Crippen LogP contribution is -2.28. The van der Waals surface area contributed by atoms with E-state index >= 15 is 0 Å². The number of esters is 1. The van der Waals surface area contributed by atoms with Gasteiger partial charge < -0.3 is 15.8 Å². The first-order chi connectivity index (χ1) is 10.1. The number of nitrogens with one attached hydrogen (secondary N) is 1. The molecule has 1 aliphatic carbocycles. The summed E-state index contributed by atoms with van der Waals surface area (Å²) >= 11 is 0. The molecular weight excluding hydrogens is 268 g/mol. The predicted molar refractivity (Wildman–Crippen MR) is 81.0 cm³/mol. The number of nitrogens with two attached hydrogens (primary N) is 1. The number of amides is 1. The normalized spacial score (nSPS) is 21.0. The molecule has 1 aromatic carbocycles. The number of hydrogen-bond donors (Lipinski definition) is 2. The number of hydrogen-bond acceptors (Lipinski definition) is 4. The summed E-state index contributed by atoms with van der Waals surface area (Å²) in [6.45, 7) is 2.11. The first-order valence-electron chi connectivity index (χ1n) is 7.42. The van der Waals surface area contributed by atoms with Crippen molar-refractivity contribution in [1.29, 1.82) is 0 Å². The van der Waals surface area contributed by atoms with Crippen LogP contribution in [-0.4, -0.2) is 24.5 Å². The summed E-state index contributed by atoms with van der Waals surface area (Å²) in [4.78, 5) is 23.5. The molecule has 0 saturated heterocycles. The van der Waals surface area contributed by atoms with E-state index in [4.69, 9.17) is 10.5 Å². The summed E-state index contributed by atoms with van der Waals surface area (Å²) in [5.74, 6) is -0.0997. The highest BCUT2D eigenvalue weighted by Crippen LogP contribution is 2.27. The van der Waals surface area contributed by atoms with Crippen LogP contribution in [0.2, 0.25) is 0 Å². The minimum absolute atomic E-state index is 0.0266. The Kier molecular flexibility index (Phi) is 5.33. The maximum atomic E-state index is 12.0. The number of benzene rings is 1. The summed E-state index contributed by atoms with van der Waals surface area (Å²) in [5, 5.41) is 2.84. The molecule has 5 nitrogen and oxygen atoms in total. The molecule has 1 amide bonds. The molecule has 2 rings (SSSR count). The number of rotatable bonds is 5. The van der Waals surface area contributed by atoms with Gasteiger partial charge in [-0.2, -0.15) is 0 Å².